The molecule has 0 saturated carbocycles. The topological polar surface area (TPSA) is 205 Å². The molecule has 14 heteroatoms. The van der Waals surface area contributed by atoms with Gasteiger partial charge in [0.05, 0.1) is 12.4 Å². The van der Waals surface area contributed by atoms with Crippen LogP contribution in [0.25, 0.3) is 0 Å². The minimum atomic E-state index is -1.21. The molecule has 4 unspecified atom stereocenters. The van der Waals surface area contributed by atoms with Crippen LogP contribution < -0.4 is 27.4 Å². The number of carboxylic acid groups (broad SMARTS) is 1. The van der Waals surface area contributed by atoms with Crippen molar-refractivity contribution in [2.24, 2.45) is 11.5 Å². The van der Waals surface area contributed by atoms with E-state index < -0.39 is 47.9 Å². The molecule has 0 saturated heterocycles. The molecule has 0 aliphatic carbocycles. The van der Waals surface area contributed by atoms with Gasteiger partial charge in [-0.25, -0.2) is 9.78 Å². The normalized spacial score (nSPS) is 14.3. The number of nitrogens with one attached hydrogen (secondary N) is 4. The average molecular weight is 546 g/mol. The second-order valence-corrected chi connectivity index (χ2v) is 10.2. The van der Waals surface area contributed by atoms with Crippen molar-refractivity contribution in [3.8, 4) is 0 Å². The molecule has 1 aromatic rings. The summed E-state index contributed by atoms with van der Waals surface area (Å²) in [6, 6.07) is -3.83. The van der Waals surface area contributed by atoms with Crippen molar-refractivity contribution in [1.82, 2.24) is 25.9 Å². The van der Waals surface area contributed by atoms with E-state index in [4.69, 9.17) is 11.5 Å². The van der Waals surface area contributed by atoms with Crippen molar-refractivity contribution in [3.63, 3.8) is 0 Å². The van der Waals surface area contributed by atoms with Gasteiger partial charge >= 0.3 is 5.97 Å². The Morgan fingerprint density at radius 3 is 2.08 bits per heavy atom. The second-order valence-electron chi connectivity index (χ2n) is 8.26. The van der Waals surface area contributed by atoms with Crippen LogP contribution in [-0.2, 0) is 25.6 Å². The maximum atomic E-state index is 13.1. The Morgan fingerprint density at radius 2 is 1.53 bits per heavy atom. The highest BCUT2D eigenvalue weighted by Crippen LogP contribution is 2.08. The van der Waals surface area contributed by atoms with Crippen molar-refractivity contribution >= 4 is 47.2 Å². The van der Waals surface area contributed by atoms with Gasteiger partial charge in [0.2, 0.25) is 17.7 Å². The van der Waals surface area contributed by atoms with E-state index >= 15 is 0 Å². The van der Waals surface area contributed by atoms with E-state index in [0.29, 0.717) is 49.4 Å². The minimum Gasteiger partial charge on any atom is -0.480 e. The number of hydrogen-bond acceptors (Lipinski definition) is 9. The zero-order valence-corrected chi connectivity index (χ0v) is 22.5. The number of carboxylic acids is 1. The Morgan fingerprint density at radius 1 is 0.944 bits per heavy atom. The van der Waals surface area contributed by atoms with Gasteiger partial charge in [-0.2, -0.15) is 23.5 Å². The molecule has 3 amide bonds. The molecule has 204 valence electrons. The summed E-state index contributed by atoms with van der Waals surface area (Å²) in [5, 5.41) is 17.5. The molecule has 0 bridgehead atoms. The number of hydrogen-bond donors (Lipinski definition) is 7. The molecule has 12 nitrogen and oxygen atoms in total. The zero-order valence-electron chi connectivity index (χ0n) is 20.8. The third-order valence-electron chi connectivity index (χ3n) is 5.39. The van der Waals surface area contributed by atoms with Crippen LogP contribution in [0.5, 0.6) is 0 Å². The summed E-state index contributed by atoms with van der Waals surface area (Å²) in [4.78, 5) is 57.1. The lowest BCUT2D eigenvalue weighted by Gasteiger charge is -2.25. The summed E-state index contributed by atoms with van der Waals surface area (Å²) in [6.07, 6.45) is 8.97. The van der Waals surface area contributed by atoms with Gasteiger partial charge in [-0.1, -0.05) is 0 Å². The summed E-state index contributed by atoms with van der Waals surface area (Å²) >= 11 is 3.09. The third kappa shape index (κ3) is 12.1. The Hall–Kier alpha value is -2.29. The number of rotatable bonds is 19. The predicted molar refractivity (Wildman–Crippen MR) is 143 cm³/mol. The first kappa shape index (κ1) is 31.7. The molecule has 0 fully saturated rings. The van der Waals surface area contributed by atoms with Crippen LogP contribution in [-0.4, -0.2) is 93.5 Å². The van der Waals surface area contributed by atoms with Gasteiger partial charge in [0, 0.05) is 18.3 Å². The molecular weight excluding hydrogens is 506 g/mol. The Balaban J connectivity index is 2.93. The SMILES string of the molecule is CSCCC(N)C(=O)NC(CCSC)C(=O)NC(CCCCN)C(=O)NC(Cc1cnc[nH]1)C(=O)O. The highest BCUT2D eigenvalue weighted by Gasteiger charge is 2.30. The number of unbranched alkanes of at least 4 members (excludes halogenated alkanes) is 1. The zero-order chi connectivity index (χ0) is 26.9. The monoisotopic (exact) mass is 545 g/mol. The van der Waals surface area contributed by atoms with Crippen molar-refractivity contribution in [2.45, 2.75) is 62.7 Å². The summed E-state index contributed by atoms with van der Waals surface area (Å²) in [7, 11) is 0. The standard InChI is InChI=1S/C22H39N7O5S2/c1-35-9-6-15(24)19(30)27-17(7-10-36-2)21(32)28-16(5-3-4-8-23)20(31)29-18(22(33)34)11-14-12-25-13-26-14/h12-13,15-18H,3-11,23-24H2,1-2H3,(H,25,26)(H,27,30)(H,28,32)(H,29,31)(H,33,34). The van der Waals surface area contributed by atoms with Gasteiger partial charge in [0.1, 0.15) is 18.1 Å². The molecule has 1 rings (SSSR count). The maximum absolute atomic E-state index is 13.1. The Labute approximate surface area is 220 Å². The van der Waals surface area contributed by atoms with Crippen molar-refractivity contribution < 1.29 is 24.3 Å². The van der Waals surface area contributed by atoms with Crippen LogP contribution in [0.15, 0.2) is 12.5 Å². The molecule has 0 aromatic carbocycles. The van der Waals surface area contributed by atoms with Crippen LogP contribution in [0.1, 0.15) is 37.8 Å². The molecule has 0 aliphatic heterocycles. The number of imidazole rings is 1. The lowest BCUT2D eigenvalue weighted by Crippen LogP contribution is -2.57. The quantitative estimate of drug-likeness (QED) is 0.110. The number of amides is 3. The fourth-order valence-corrected chi connectivity index (χ4v) is 4.24. The number of nitrogens with two attached hydrogens (primary N) is 2. The second kappa shape index (κ2) is 18.0. The highest BCUT2D eigenvalue weighted by atomic mass is 32.2. The summed E-state index contributed by atoms with van der Waals surface area (Å²) in [6.45, 7) is 0.417. The van der Waals surface area contributed by atoms with Gasteiger partial charge in [-0.3, -0.25) is 14.4 Å². The molecule has 0 aliphatic rings. The first-order chi connectivity index (χ1) is 17.2. The average Bonchev–Trinajstić information content (AvgIpc) is 3.36. The molecule has 0 spiro atoms. The summed E-state index contributed by atoms with van der Waals surface area (Å²) < 4.78 is 0. The highest BCUT2D eigenvalue weighted by molar-refractivity contribution is 7.98. The minimum absolute atomic E-state index is 0.00484. The van der Waals surface area contributed by atoms with Gasteiger partial charge in [0.25, 0.3) is 0 Å². The number of nitrogens with zero attached hydrogens (tertiary/aromatic N) is 1. The number of carbonyl (C=O) groups is 4. The number of carbonyl (C=O) groups excluding carboxylic acids is 3. The number of thioether (sulfide) groups is 2. The van der Waals surface area contributed by atoms with Gasteiger partial charge in [-0.05, 0) is 62.7 Å². The van der Waals surface area contributed by atoms with Crippen molar-refractivity contribution in [2.75, 3.05) is 30.6 Å². The van der Waals surface area contributed by atoms with E-state index in [2.05, 4.69) is 25.9 Å². The molecule has 36 heavy (non-hydrogen) atoms. The molecule has 0 radical (unpaired) electrons. The third-order valence-corrected chi connectivity index (χ3v) is 6.67. The molecule has 9 N–H and O–H groups in total. The predicted octanol–water partition coefficient (Wildman–Crippen LogP) is -0.546. The first-order valence-corrected chi connectivity index (χ1v) is 14.6. The fraction of sp³-hybridized carbons (Fsp3) is 0.682. The number of aromatic amines is 1. The largest absolute Gasteiger partial charge is 0.480 e. The lowest BCUT2D eigenvalue weighted by molar-refractivity contribution is -0.142. The fourth-order valence-electron chi connectivity index (χ4n) is 3.28. The van der Waals surface area contributed by atoms with E-state index in [-0.39, 0.29) is 12.8 Å². The van der Waals surface area contributed by atoms with E-state index in [1.54, 1.807) is 11.8 Å². The number of H-pyrrole nitrogens is 1. The van der Waals surface area contributed by atoms with E-state index in [1.165, 1.54) is 24.3 Å². The molecule has 1 heterocycles. The van der Waals surface area contributed by atoms with Crippen LogP contribution in [0.4, 0.5) is 0 Å². The smallest absolute Gasteiger partial charge is 0.326 e. The Kier molecular flexibility index (Phi) is 15.9. The lowest BCUT2D eigenvalue weighted by atomic mass is 10.1. The van der Waals surface area contributed by atoms with Crippen LogP contribution >= 0.6 is 23.5 Å². The maximum Gasteiger partial charge on any atom is 0.326 e. The Bertz CT molecular complexity index is 813. The number of aliphatic carboxylic acids is 1. The van der Waals surface area contributed by atoms with Gasteiger partial charge in [-0.15, -0.1) is 0 Å². The van der Waals surface area contributed by atoms with E-state index in [9.17, 15) is 24.3 Å². The van der Waals surface area contributed by atoms with Gasteiger partial charge in [0.15, 0.2) is 0 Å². The van der Waals surface area contributed by atoms with Gasteiger partial charge < -0.3 is 37.5 Å². The van der Waals surface area contributed by atoms with Crippen LogP contribution in [0, 0.1) is 0 Å². The van der Waals surface area contributed by atoms with E-state index in [1.807, 2.05) is 12.5 Å². The first-order valence-electron chi connectivity index (χ1n) is 11.8. The van der Waals surface area contributed by atoms with Crippen molar-refractivity contribution in [1.29, 1.82) is 0 Å². The molecule has 1 aromatic heterocycles. The molecule has 4 atom stereocenters. The number of aromatic nitrogens is 2. The van der Waals surface area contributed by atoms with Crippen LogP contribution in [0.2, 0.25) is 0 Å². The van der Waals surface area contributed by atoms with E-state index in [0.717, 1.165) is 0 Å². The summed E-state index contributed by atoms with van der Waals surface area (Å²) in [5.41, 5.74) is 12.1. The van der Waals surface area contributed by atoms with Crippen molar-refractivity contribution in [3.05, 3.63) is 18.2 Å². The van der Waals surface area contributed by atoms with Crippen LogP contribution in [0.3, 0.4) is 0 Å². The molecular formula is C22H39N7O5S2. The summed E-state index contributed by atoms with van der Waals surface area (Å²) in [5.74, 6) is -1.48.